The Kier molecular flexibility index (Phi) is 6.36. The molecule has 0 unspecified atom stereocenters. The summed E-state index contributed by atoms with van der Waals surface area (Å²) >= 11 is 1.22. The number of halogens is 1. The van der Waals surface area contributed by atoms with Crippen LogP contribution >= 0.6 is 11.8 Å². The van der Waals surface area contributed by atoms with Gasteiger partial charge in [0, 0.05) is 31.1 Å². The van der Waals surface area contributed by atoms with Gasteiger partial charge in [-0.15, -0.1) is 10.2 Å². The number of carbonyl (C=O) groups is 2. The smallest absolute Gasteiger partial charge is 0.233 e. The molecule has 4 rings (SSSR count). The number of amides is 2. The van der Waals surface area contributed by atoms with E-state index in [1.165, 1.54) is 24.1 Å². The van der Waals surface area contributed by atoms with Crippen LogP contribution in [0, 0.1) is 5.82 Å². The van der Waals surface area contributed by atoms with Gasteiger partial charge in [-0.2, -0.15) is 0 Å². The van der Waals surface area contributed by atoms with E-state index in [-0.39, 0.29) is 43.0 Å². The normalized spacial score (nSPS) is 13.3. The van der Waals surface area contributed by atoms with Crippen molar-refractivity contribution in [3.8, 4) is 11.6 Å². The molecular formula is C21H22FN5O3S. The van der Waals surface area contributed by atoms with E-state index in [0.717, 1.165) is 12.8 Å². The molecule has 10 heteroatoms. The number of furan rings is 1. The van der Waals surface area contributed by atoms with Gasteiger partial charge in [0.1, 0.15) is 5.82 Å². The zero-order valence-electron chi connectivity index (χ0n) is 16.7. The lowest BCUT2D eigenvalue weighted by Crippen LogP contribution is -2.34. The Morgan fingerprint density at radius 3 is 2.71 bits per heavy atom. The number of nitrogens with zero attached hydrogens (tertiary/aromatic N) is 4. The fourth-order valence-electron chi connectivity index (χ4n) is 3.23. The van der Waals surface area contributed by atoms with Crippen molar-refractivity contribution in [2.45, 2.75) is 43.6 Å². The number of carbonyl (C=O) groups excluding carboxylic acids is 2. The summed E-state index contributed by atoms with van der Waals surface area (Å²) in [4.78, 5) is 26.0. The molecule has 0 spiro atoms. The standard InChI is InChI=1S/C21H22FN5O3S/c22-16-5-2-1-4-14(16)12-27(15-7-8-15)19(29)13-31-21-25-24-20(17-6-3-11-30-17)26(21)10-9-18(23)28/h1-6,11,15H,7-10,12-13H2,(H2,23,28). The van der Waals surface area contributed by atoms with Crippen molar-refractivity contribution < 1.29 is 18.4 Å². The van der Waals surface area contributed by atoms with E-state index < -0.39 is 5.91 Å². The third-order valence-electron chi connectivity index (χ3n) is 4.97. The highest BCUT2D eigenvalue weighted by Gasteiger charge is 2.33. The fraction of sp³-hybridized carbons (Fsp3) is 0.333. The van der Waals surface area contributed by atoms with E-state index in [0.29, 0.717) is 22.3 Å². The Labute approximate surface area is 182 Å². The third kappa shape index (κ3) is 5.13. The SMILES string of the molecule is NC(=O)CCn1c(SCC(=O)N(Cc2ccccc2F)C2CC2)nnc1-c1ccco1. The van der Waals surface area contributed by atoms with Crippen LogP contribution in [-0.2, 0) is 22.7 Å². The first kappa shape index (κ1) is 21.1. The molecule has 2 N–H and O–H groups in total. The van der Waals surface area contributed by atoms with E-state index in [4.69, 9.17) is 10.2 Å². The van der Waals surface area contributed by atoms with Crippen molar-refractivity contribution in [1.29, 1.82) is 0 Å². The Balaban J connectivity index is 1.48. The molecule has 3 aromatic rings. The van der Waals surface area contributed by atoms with Gasteiger partial charge < -0.3 is 15.1 Å². The first-order chi connectivity index (χ1) is 15.0. The molecule has 8 nitrogen and oxygen atoms in total. The maximum atomic E-state index is 14.1. The van der Waals surface area contributed by atoms with Gasteiger partial charge in [-0.05, 0) is 31.0 Å². The second-order valence-electron chi connectivity index (χ2n) is 7.28. The van der Waals surface area contributed by atoms with Gasteiger partial charge in [-0.3, -0.25) is 14.2 Å². The molecule has 0 atom stereocenters. The summed E-state index contributed by atoms with van der Waals surface area (Å²) in [5.74, 6) is 0.233. The van der Waals surface area contributed by atoms with Crippen LogP contribution in [0.5, 0.6) is 0 Å². The van der Waals surface area contributed by atoms with Crippen molar-refractivity contribution in [1.82, 2.24) is 19.7 Å². The van der Waals surface area contributed by atoms with E-state index in [2.05, 4.69) is 10.2 Å². The average molecular weight is 444 g/mol. The van der Waals surface area contributed by atoms with Crippen LogP contribution < -0.4 is 5.73 Å². The molecule has 0 radical (unpaired) electrons. The summed E-state index contributed by atoms with van der Waals surface area (Å²) in [6.07, 6.45) is 3.47. The minimum Gasteiger partial charge on any atom is -0.461 e. The van der Waals surface area contributed by atoms with Gasteiger partial charge >= 0.3 is 0 Å². The lowest BCUT2D eigenvalue weighted by Gasteiger charge is -2.22. The van der Waals surface area contributed by atoms with Gasteiger partial charge in [0.25, 0.3) is 0 Å². The maximum Gasteiger partial charge on any atom is 0.233 e. The molecule has 31 heavy (non-hydrogen) atoms. The quantitative estimate of drug-likeness (QED) is 0.483. The third-order valence-corrected chi connectivity index (χ3v) is 5.92. The maximum absolute atomic E-state index is 14.1. The number of primary amides is 1. The van der Waals surface area contributed by atoms with E-state index >= 15 is 0 Å². The lowest BCUT2D eigenvalue weighted by atomic mass is 10.2. The highest BCUT2D eigenvalue weighted by Crippen LogP contribution is 2.31. The number of hydrogen-bond donors (Lipinski definition) is 1. The van der Waals surface area contributed by atoms with E-state index in [1.54, 1.807) is 39.8 Å². The molecule has 1 saturated carbocycles. The zero-order chi connectivity index (χ0) is 21.8. The fourth-order valence-corrected chi connectivity index (χ4v) is 4.08. The summed E-state index contributed by atoms with van der Waals surface area (Å²) in [6, 6.07) is 10.1. The van der Waals surface area contributed by atoms with Crippen LogP contribution in [0.3, 0.4) is 0 Å². The minimum absolute atomic E-state index is 0.0975. The van der Waals surface area contributed by atoms with Crippen LogP contribution in [0.25, 0.3) is 11.6 Å². The van der Waals surface area contributed by atoms with Crippen LogP contribution in [0.4, 0.5) is 4.39 Å². The van der Waals surface area contributed by atoms with Crippen molar-refractivity contribution in [3.63, 3.8) is 0 Å². The molecule has 2 aromatic heterocycles. The molecule has 0 aliphatic heterocycles. The highest BCUT2D eigenvalue weighted by molar-refractivity contribution is 7.99. The molecule has 1 aromatic carbocycles. The number of nitrogens with two attached hydrogens (primary N) is 1. The molecule has 2 amide bonds. The van der Waals surface area contributed by atoms with Crippen LogP contribution in [0.15, 0.2) is 52.2 Å². The topological polar surface area (TPSA) is 107 Å². The Bertz CT molecular complexity index is 1060. The largest absolute Gasteiger partial charge is 0.461 e. The Morgan fingerprint density at radius 1 is 1.23 bits per heavy atom. The first-order valence-electron chi connectivity index (χ1n) is 9.94. The zero-order valence-corrected chi connectivity index (χ0v) is 17.6. The second-order valence-corrected chi connectivity index (χ2v) is 8.23. The predicted octanol–water partition coefficient (Wildman–Crippen LogP) is 2.84. The van der Waals surface area contributed by atoms with Gasteiger partial charge in [-0.1, -0.05) is 30.0 Å². The molecule has 1 aliphatic carbocycles. The molecule has 0 saturated heterocycles. The highest BCUT2D eigenvalue weighted by atomic mass is 32.2. The van der Waals surface area contributed by atoms with Gasteiger partial charge in [0.05, 0.1) is 12.0 Å². The second kappa shape index (κ2) is 9.34. The number of thioether (sulfide) groups is 1. The van der Waals surface area contributed by atoms with Crippen molar-refractivity contribution in [3.05, 3.63) is 54.0 Å². The Morgan fingerprint density at radius 2 is 2.03 bits per heavy atom. The minimum atomic E-state index is -0.448. The van der Waals surface area contributed by atoms with Gasteiger partial charge in [-0.25, -0.2) is 4.39 Å². The van der Waals surface area contributed by atoms with Gasteiger partial charge in [0.15, 0.2) is 16.7 Å². The predicted molar refractivity (Wildman–Crippen MR) is 112 cm³/mol. The molecule has 162 valence electrons. The van der Waals surface area contributed by atoms with Crippen molar-refractivity contribution in [2.24, 2.45) is 5.73 Å². The van der Waals surface area contributed by atoms with Crippen molar-refractivity contribution >= 4 is 23.6 Å². The van der Waals surface area contributed by atoms with Crippen LogP contribution in [0.2, 0.25) is 0 Å². The molecule has 1 fully saturated rings. The average Bonchev–Trinajstić information content (AvgIpc) is 3.28. The van der Waals surface area contributed by atoms with Gasteiger partial charge in [0.2, 0.25) is 11.8 Å². The van der Waals surface area contributed by atoms with E-state index in [9.17, 15) is 14.0 Å². The number of aromatic nitrogens is 3. The Hall–Kier alpha value is -3.14. The summed E-state index contributed by atoms with van der Waals surface area (Å²) in [7, 11) is 0. The van der Waals surface area contributed by atoms with Crippen LogP contribution in [0.1, 0.15) is 24.8 Å². The van der Waals surface area contributed by atoms with E-state index in [1.807, 2.05) is 0 Å². The molecule has 0 bridgehead atoms. The number of hydrogen-bond acceptors (Lipinski definition) is 6. The molecule has 1 aliphatic rings. The summed E-state index contributed by atoms with van der Waals surface area (Å²) in [5, 5.41) is 8.82. The van der Waals surface area contributed by atoms with Crippen molar-refractivity contribution in [2.75, 3.05) is 5.75 Å². The summed E-state index contributed by atoms with van der Waals surface area (Å²) in [5.41, 5.74) is 5.80. The number of rotatable bonds is 10. The summed E-state index contributed by atoms with van der Waals surface area (Å²) in [6.45, 7) is 0.513. The number of benzene rings is 1. The molecule has 2 heterocycles. The summed E-state index contributed by atoms with van der Waals surface area (Å²) < 4.78 is 21.2. The monoisotopic (exact) mass is 443 g/mol. The molecular weight excluding hydrogens is 421 g/mol. The first-order valence-corrected chi connectivity index (χ1v) is 10.9. The lowest BCUT2D eigenvalue weighted by molar-refractivity contribution is -0.129. The van der Waals surface area contributed by atoms with Crippen LogP contribution in [-0.4, -0.2) is 43.3 Å².